The van der Waals surface area contributed by atoms with E-state index in [4.69, 9.17) is 10.2 Å². The van der Waals surface area contributed by atoms with Gasteiger partial charge in [-0.2, -0.15) is 0 Å². The third-order valence-corrected chi connectivity index (χ3v) is 3.86. The van der Waals surface area contributed by atoms with Gasteiger partial charge in [-0.05, 0) is 60.9 Å². The summed E-state index contributed by atoms with van der Waals surface area (Å²) < 4.78 is 0. The van der Waals surface area contributed by atoms with Crippen LogP contribution in [0.4, 0.5) is 0 Å². The quantitative estimate of drug-likeness (QED) is 0.654. The zero-order valence-electron chi connectivity index (χ0n) is 13.0. The number of aliphatic hydroxyl groups is 1. The number of unbranched alkanes of at least 4 members (excludes halogenated alkanes) is 1. The van der Waals surface area contributed by atoms with Gasteiger partial charge in [0.2, 0.25) is 0 Å². The van der Waals surface area contributed by atoms with Gasteiger partial charge in [0.1, 0.15) is 11.3 Å². The van der Waals surface area contributed by atoms with E-state index in [0.717, 1.165) is 37.7 Å². The second kappa shape index (κ2) is 8.34. The number of hydrogen-bond donors (Lipinski definition) is 3. The zero-order chi connectivity index (χ0) is 16.7. The Bertz CT molecular complexity index is 664. The number of aryl methyl sites for hydroxylation is 3. The topological polar surface area (TPSA) is 77.8 Å². The summed E-state index contributed by atoms with van der Waals surface area (Å²) in [6, 6.07) is 13.1. The van der Waals surface area contributed by atoms with Gasteiger partial charge in [0.25, 0.3) is 0 Å². The van der Waals surface area contributed by atoms with E-state index in [1.807, 2.05) is 6.07 Å². The third-order valence-electron chi connectivity index (χ3n) is 3.86. The average Bonchev–Trinajstić information content (AvgIpc) is 2.53. The van der Waals surface area contributed by atoms with Gasteiger partial charge in [-0.1, -0.05) is 30.3 Å². The number of carboxylic acids is 1. The van der Waals surface area contributed by atoms with E-state index >= 15 is 0 Å². The third kappa shape index (κ3) is 5.11. The molecule has 122 valence electrons. The van der Waals surface area contributed by atoms with Crippen LogP contribution in [-0.4, -0.2) is 27.9 Å². The van der Waals surface area contributed by atoms with E-state index in [0.29, 0.717) is 0 Å². The number of aromatic hydroxyl groups is 1. The van der Waals surface area contributed by atoms with Gasteiger partial charge in [0.05, 0.1) is 0 Å². The second-order valence-electron chi connectivity index (χ2n) is 5.66. The Morgan fingerprint density at radius 2 is 1.52 bits per heavy atom. The Labute approximate surface area is 136 Å². The van der Waals surface area contributed by atoms with E-state index in [1.54, 1.807) is 6.07 Å². The maximum atomic E-state index is 10.9. The van der Waals surface area contributed by atoms with Crippen molar-refractivity contribution in [2.24, 2.45) is 0 Å². The van der Waals surface area contributed by atoms with Crippen molar-refractivity contribution < 1.29 is 20.1 Å². The van der Waals surface area contributed by atoms with Gasteiger partial charge in [0.15, 0.2) is 0 Å². The highest BCUT2D eigenvalue weighted by Gasteiger charge is 2.09. The van der Waals surface area contributed by atoms with E-state index < -0.39 is 5.97 Å². The Balaban J connectivity index is 1.96. The first-order valence-electron chi connectivity index (χ1n) is 7.84. The number of carboxylic acid groups (broad SMARTS) is 1. The molecule has 0 aliphatic heterocycles. The van der Waals surface area contributed by atoms with E-state index in [2.05, 4.69) is 18.2 Å². The number of hydrogen-bond acceptors (Lipinski definition) is 3. The fraction of sp³-hybridized carbons (Fsp3) is 0.316. The first-order chi connectivity index (χ1) is 11.1. The highest BCUT2D eigenvalue weighted by Crippen LogP contribution is 2.20. The summed E-state index contributed by atoms with van der Waals surface area (Å²) in [4.78, 5) is 10.9. The van der Waals surface area contributed by atoms with Crippen LogP contribution in [0.5, 0.6) is 5.75 Å². The second-order valence-corrected chi connectivity index (χ2v) is 5.66. The fourth-order valence-corrected chi connectivity index (χ4v) is 2.58. The number of benzene rings is 2. The molecule has 4 nitrogen and oxygen atoms in total. The molecule has 0 bridgehead atoms. The number of carbonyl (C=O) groups is 1. The van der Waals surface area contributed by atoms with Crippen LogP contribution in [0, 0.1) is 0 Å². The van der Waals surface area contributed by atoms with Gasteiger partial charge in [-0.25, -0.2) is 4.79 Å². The number of rotatable bonds is 8. The van der Waals surface area contributed by atoms with Crippen LogP contribution < -0.4 is 0 Å². The van der Waals surface area contributed by atoms with Crippen molar-refractivity contribution in [3.63, 3.8) is 0 Å². The van der Waals surface area contributed by atoms with Crippen LogP contribution in [0.1, 0.15) is 39.9 Å². The molecule has 0 aromatic heterocycles. The lowest BCUT2D eigenvalue weighted by Crippen LogP contribution is -1.98. The largest absolute Gasteiger partial charge is 0.507 e. The summed E-state index contributed by atoms with van der Waals surface area (Å²) in [5.41, 5.74) is 3.33. The minimum Gasteiger partial charge on any atom is -0.507 e. The van der Waals surface area contributed by atoms with Crippen LogP contribution in [-0.2, 0) is 19.3 Å². The Morgan fingerprint density at radius 1 is 0.870 bits per heavy atom. The van der Waals surface area contributed by atoms with Gasteiger partial charge in [-0.3, -0.25) is 0 Å². The Morgan fingerprint density at radius 3 is 2.13 bits per heavy atom. The van der Waals surface area contributed by atoms with Gasteiger partial charge < -0.3 is 15.3 Å². The number of phenols is 1. The van der Waals surface area contributed by atoms with Crippen molar-refractivity contribution in [2.45, 2.75) is 32.1 Å². The molecule has 4 heteroatoms. The minimum absolute atomic E-state index is 0.0698. The molecule has 0 aliphatic rings. The maximum Gasteiger partial charge on any atom is 0.339 e. The first kappa shape index (κ1) is 17.0. The van der Waals surface area contributed by atoms with Crippen LogP contribution in [0.3, 0.4) is 0 Å². The predicted molar refractivity (Wildman–Crippen MR) is 88.9 cm³/mol. The van der Waals surface area contributed by atoms with Crippen molar-refractivity contribution in [3.05, 3.63) is 64.7 Å². The van der Waals surface area contributed by atoms with Crippen molar-refractivity contribution in [2.75, 3.05) is 6.61 Å². The molecule has 0 spiro atoms. The highest BCUT2D eigenvalue weighted by molar-refractivity contribution is 5.90. The molecule has 0 heterocycles. The number of aliphatic hydroxyl groups excluding tert-OH is 1. The molecule has 0 saturated heterocycles. The molecule has 2 aromatic carbocycles. The van der Waals surface area contributed by atoms with Crippen molar-refractivity contribution >= 4 is 5.97 Å². The predicted octanol–water partition coefficient (Wildman–Crippen LogP) is 3.19. The zero-order valence-corrected chi connectivity index (χ0v) is 13.0. The molecule has 0 atom stereocenters. The lowest BCUT2D eigenvalue weighted by Gasteiger charge is -2.07. The minimum atomic E-state index is -1.12. The SMILES string of the molecule is O=C(O)c1ccc(CCc2cccc(CCCCO)c2)cc1O. The van der Waals surface area contributed by atoms with Crippen LogP contribution >= 0.6 is 0 Å². The Hall–Kier alpha value is -2.33. The number of aromatic carboxylic acids is 1. The molecule has 2 aromatic rings. The summed E-state index contributed by atoms with van der Waals surface area (Å²) in [5, 5.41) is 27.5. The van der Waals surface area contributed by atoms with E-state index in [9.17, 15) is 9.90 Å². The molecule has 0 aliphatic carbocycles. The molecule has 0 fully saturated rings. The average molecular weight is 314 g/mol. The van der Waals surface area contributed by atoms with E-state index in [-0.39, 0.29) is 17.9 Å². The molecule has 0 radical (unpaired) electrons. The molecular formula is C19H22O4. The molecular weight excluding hydrogens is 292 g/mol. The molecule has 3 N–H and O–H groups in total. The molecule has 0 amide bonds. The molecule has 0 saturated carbocycles. The highest BCUT2D eigenvalue weighted by atomic mass is 16.4. The van der Waals surface area contributed by atoms with Crippen molar-refractivity contribution in [1.29, 1.82) is 0 Å². The Kier molecular flexibility index (Phi) is 6.18. The fourth-order valence-electron chi connectivity index (χ4n) is 2.58. The van der Waals surface area contributed by atoms with E-state index in [1.165, 1.54) is 23.3 Å². The van der Waals surface area contributed by atoms with Gasteiger partial charge >= 0.3 is 5.97 Å². The van der Waals surface area contributed by atoms with Gasteiger partial charge in [0, 0.05) is 6.61 Å². The normalized spacial score (nSPS) is 10.7. The smallest absolute Gasteiger partial charge is 0.339 e. The van der Waals surface area contributed by atoms with Crippen LogP contribution in [0.2, 0.25) is 0 Å². The summed E-state index contributed by atoms with van der Waals surface area (Å²) >= 11 is 0. The van der Waals surface area contributed by atoms with Crippen LogP contribution in [0.25, 0.3) is 0 Å². The molecule has 2 rings (SSSR count). The van der Waals surface area contributed by atoms with Crippen molar-refractivity contribution in [3.8, 4) is 5.75 Å². The summed E-state index contributed by atoms with van der Waals surface area (Å²) in [6.07, 6.45) is 4.33. The first-order valence-corrected chi connectivity index (χ1v) is 7.84. The summed E-state index contributed by atoms with van der Waals surface area (Å²) in [5.74, 6) is -1.31. The van der Waals surface area contributed by atoms with Gasteiger partial charge in [-0.15, -0.1) is 0 Å². The summed E-state index contributed by atoms with van der Waals surface area (Å²) in [6.45, 7) is 0.232. The lowest BCUT2D eigenvalue weighted by molar-refractivity contribution is 0.0693. The van der Waals surface area contributed by atoms with Crippen LogP contribution in [0.15, 0.2) is 42.5 Å². The molecule has 0 unspecified atom stereocenters. The summed E-state index contributed by atoms with van der Waals surface area (Å²) in [7, 11) is 0. The van der Waals surface area contributed by atoms with Crippen molar-refractivity contribution in [1.82, 2.24) is 0 Å². The monoisotopic (exact) mass is 314 g/mol. The lowest BCUT2D eigenvalue weighted by atomic mass is 9.99. The standard InChI is InChI=1S/C19H22O4/c20-11-2-1-4-14-5-3-6-15(12-14)7-8-16-9-10-17(19(22)23)18(21)13-16/h3,5-6,9-10,12-13,20-21H,1-2,4,7-8,11H2,(H,22,23). The maximum absolute atomic E-state index is 10.9. The molecule has 23 heavy (non-hydrogen) atoms.